The van der Waals surface area contributed by atoms with Crippen LogP contribution in [0.1, 0.15) is 34.6 Å². The van der Waals surface area contributed by atoms with Gasteiger partial charge < -0.3 is 24.6 Å². The molecular weight excluding hydrogens is 537 g/mol. The van der Waals surface area contributed by atoms with Crippen LogP contribution in [0.15, 0.2) is 4.99 Å². The Bertz CT molecular complexity index is 674. The molecule has 1 aliphatic rings. The fraction of sp³-hybridized carbons (Fsp3) is 0.895. The molecule has 0 radical (unpaired) electrons. The Morgan fingerprint density at radius 3 is 2.26 bits per heavy atom. The second-order valence-electron chi connectivity index (χ2n) is 8.50. The maximum absolute atomic E-state index is 12.5. The predicted octanol–water partition coefficient (Wildman–Crippen LogP) is 1.42. The third kappa shape index (κ3) is 11.5. The van der Waals surface area contributed by atoms with Gasteiger partial charge in [0.1, 0.15) is 5.60 Å². The lowest BCUT2D eigenvalue weighted by atomic mass is 10.2. The Kier molecular flexibility index (Phi) is 13.3. The molecule has 0 aromatic carbocycles. The van der Waals surface area contributed by atoms with Gasteiger partial charge in [-0.3, -0.25) is 4.99 Å². The van der Waals surface area contributed by atoms with E-state index in [9.17, 15) is 13.2 Å². The van der Waals surface area contributed by atoms with E-state index >= 15 is 0 Å². The molecule has 0 spiro atoms. The Hall–Kier alpha value is -0.860. The maximum Gasteiger partial charge on any atom is 0.410 e. The van der Waals surface area contributed by atoms with Crippen LogP contribution in [-0.4, -0.2) is 112 Å². The number of hydrogen-bond acceptors (Lipinski definition) is 6. The van der Waals surface area contributed by atoms with E-state index in [2.05, 4.69) is 10.3 Å². The number of rotatable bonds is 8. The molecule has 1 rings (SSSR count). The number of ether oxygens (including phenoxy) is 2. The van der Waals surface area contributed by atoms with E-state index in [1.165, 1.54) is 9.21 Å². The lowest BCUT2D eigenvalue weighted by Crippen LogP contribution is -2.54. The average molecular weight is 578 g/mol. The largest absolute Gasteiger partial charge is 0.444 e. The number of piperazine rings is 1. The Morgan fingerprint density at radius 2 is 1.77 bits per heavy atom. The van der Waals surface area contributed by atoms with Crippen LogP contribution in [0.2, 0.25) is 0 Å². The number of carbonyl (C=O) groups is 1. The van der Waals surface area contributed by atoms with Crippen molar-refractivity contribution in [2.24, 2.45) is 4.99 Å². The van der Waals surface area contributed by atoms with Gasteiger partial charge >= 0.3 is 6.09 Å². The van der Waals surface area contributed by atoms with E-state index < -0.39 is 15.6 Å². The van der Waals surface area contributed by atoms with Crippen molar-refractivity contribution in [3.05, 3.63) is 0 Å². The Balaban J connectivity index is 0.00000900. The highest BCUT2D eigenvalue weighted by Gasteiger charge is 2.28. The second-order valence-corrected chi connectivity index (χ2v) is 10.6. The summed E-state index contributed by atoms with van der Waals surface area (Å²) in [4.78, 5) is 19.8. The van der Waals surface area contributed by atoms with Crippen molar-refractivity contribution in [2.75, 3.05) is 65.7 Å². The van der Waals surface area contributed by atoms with Crippen LogP contribution in [0.3, 0.4) is 0 Å². The van der Waals surface area contributed by atoms with Gasteiger partial charge in [0.05, 0.1) is 18.5 Å². The van der Waals surface area contributed by atoms with Crippen molar-refractivity contribution in [1.29, 1.82) is 0 Å². The quantitative estimate of drug-likeness (QED) is 0.265. The zero-order valence-electron chi connectivity index (χ0n) is 19.9. The van der Waals surface area contributed by atoms with E-state index in [0.29, 0.717) is 45.2 Å². The van der Waals surface area contributed by atoms with E-state index in [0.717, 1.165) is 0 Å². The third-order valence-corrected chi connectivity index (χ3v) is 6.21. The molecule has 1 heterocycles. The van der Waals surface area contributed by atoms with Crippen molar-refractivity contribution in [1.82, 2.24) is 19.4 Å². The fourth-order valence-corrected chi connectivity index (χ4v) is 4.08. The zero-order valence-corrected chi connectivity index (χ0v) is 23.0. The molecule has 31 heavy (non-hydrogen) atoms. The zero-order chi connectivity index (χ0) is 22.9. The highest BCUT2D eigenvalue weighted by Crippen LogP contribution is 2.10. The highest BCUT2D eigenvalue weighted by atomic mass is 127. The van der Waals surface area contributed by atoms with Gasteiger partial charge in [-0.2, -0.15) is 4.31 Å². The third-order valence-electron chi connectivity index (χ3n) is 4.37. The van der Waals surface area contributed by atoms with E-state index in [1.54, 1.807) is 14.1 Å². The molecule has 0 saturated carbocycles. The minimum Gasteiger partial charge on any atom is -0.444 e. The van der Waals surface area contributed by atoms with Crippen molar-refractivity contribution < 1.29 is 22.7 Å². The molecule has 0 aliphatic carbocycles. The van der Waals surface area contributed by atoms with Crippen molar-refractivity contribution in [2.45, 2.75) is 46.3 Å². The number of hydrogen-bond donors (Lipinski definition) is 1. The summed E-state index contributed by atoms with van der Waals surface area (Å²) in [5.74, 6) is 0.683. The van der Waals surface area contributed by atoms with Gasteiger partial charge in [0.25, 0.3) is 0 Å². The average Bonchev–Trinajstić information content (AvgIpc) is 2.63. The van der Waals surface area contributed by atoms with E-state index in [4.69, 9.17) is 9.47 Å². The molecule has 1 N–H and O–H groups in total. The molecule has 1 aliphatic heterocycles. The van der Waals surface area contributed by atoms with E-state index in [1.807, 2.05) is 39.5 Å². The summed E-state index contributed by atoms with van der Waals surface area (Å²) in [5, 5.41) is 3.23. The molecular formula is C19H40IN5O5S. The van der Waals surface area contributed by atoms with E-state index in [-0.39, 0.29) is 48.5 Å². The summed E-state index contributed by atoms with van der Waals surface area (Å²) in [5.41, 5.74) is -0.532. The van der Waals surface area contributed by atoms with Gasteiger partial charge in [0.2, 0.25) is 10.0 Å². The van der Waals surface area contributed by atoms with Crippen LogP contribution in [-0.2, 0) is 19.5 Å². The molecule has 0 aromatic rings. The molecule has 0 unspecified atom stereocenters. The molecule has 1 fully saturated rings. The number of nitrogens with zero attached hydrogens (tertiary/aromatic N) is 4. The lowest BCUT2D eigenvalue weighted by molar-refractivity contribution is 0.0302. The molecule has 10 nitrogen and oxygen atoms in total. The summed E-state index contributed by atoms with van der Waals surface area (Å²) in [6.45, 7) is 12.3. The minimum absolute atomic E-state index is 0. The minimum atomic E-state index is -3.32. The predicted molar refractivity (Wildman–Crippen MR) is 134 cm³/mol. The fourth-order valence-electron chi connectivity index (χ4n) is 2.80. The van der Waals surface area contributed by atoms with Gasteiger partial charge in [-0.1, -0.05) is 0 Å². The van der Waals surface area contributed by atoms with Crippen LogP contribution in [0, 0.1) is 0 Å². The van der Waals surface area contributed by atoms with Crippen molar-refractivity contribution in [3.8, 4) is 0 Å². The van der Waals surface area contributed by atoms with Crippen molar-refractivity contribution >= 4 is 46.1 Å². The first-order chi connectivity index (χ1) is 13.9. The van der Waals surface area contributed by atoms with Crippen LogP contribution in [0.4, 0.5) is 4.79 Å². The molecule has 0 aromatic heterocycles. The maximum atomic E-state index is 12.5. The SMILES string of the molecule is CN=C(NCCN(C)C(=O)OC(C)(C)C)N1CCN(S(=O)(=O)CCOC(C)C)CC1.I. The number of sulfonamides is 1. The normalized spacial score (nSPS) is 16.1. The number of amides is 1. The number of halogens is 1. The van der Waals surface area contributed by atoms with Gasteiger partial charge in [-0.05, 0) is 34.6 Å². The first-order valence-corrected chi connectivity index (χ1v) is 12.0. The summed E-state index contributed by atoms with van der Waals surface area (Å²) in [6, 6.07) is 0. The number of guanidine groups is 1. The van der Waals surface area contributed by atoms with Gasteiger partial charge in [0.15, 0.2) is 5.96 Å². The van der Waals surface area contributed by atoms with Crippen LogP contribution in [0.25, 0.3) is 0 Å². The summed E-state index contributed by atoms with van der Waals surface area (Å²) >= 11 is 0. The standard InChI is InChI=1S/C19H39N5O5S.HI/c1-16(2)28-14-15-30(26,27)24-12-10-23(11-13-24)17(20-6)21-8-9-22(7)18(25)29-19(3,4)5;/h16H,8-15H2,1-7H3,(H,20,21);1H. The first kappa shape index (κ1) is 30.1. The molecule has 0 atom stereocenters. The van der Waals surface area contributed by atoms with Crippen molar-refractivity contribution in [3.63, 3.8) is 0 Å². The first-order valence-electron chi connectivity index (χ1n) is 10.3. The molecule has 184 valence electrons. The highest BCUT2D eigenvalue weighted by molar-refractivity contribution is 14.0. The smallest absolute Gasteiger partial charge is 0.410 e. The summed E-state index contributed by atoms with van der Waals surface area (Å²) < 4.78 is 37.1. The lowest BCUT2D eigenvalue weighted by Gasteiger charge is -2.36. The molecule has 0 bridgehead atoms. The second kappa shape index (κ2) is 13.6. The van der Waals surface area contributed by atoms with Crippen LogP contribution >= 0.6 is 24.0 Å². The number of carbonyl (C=O) groups excluding carboxylic acids is 1. The van der Waals surface area contributed by atoms with Gasteiger partial charge in [0, 0.05) is 53.4 Å². The summed E-state index contributed by atoms with van der Waals surface area (Å²) in [7, 11) is 0.0482. The Morgan fingerprint density at radius 1 is 1.19 bits per heavy atom. The summed E-state index contributed by atoms with van der Waals surface area (Å²) in [6.07, 6.45) is -0.361. The van der Waals surface area contributed by atoms with Crippen LogP contribution < -0.4 is 5.32 Å². The number of nitrogens with one attached hydrogen (secondary N) is 1. The van der Waals surface area contributed by atoms with Crippen LogP contribution in [0.5, 0.6) is 0 Å². The van der Waals surface area contributed by atoms with Gasteiger partial charge in [-0.25, -0.2) is 13.2 Å². The molecule has 1 saturated heterocycles. The molecule has 12 heteroatoms. The Labute approximate surface area is 204 Å². The number of aliphatic imine (C=N–C) groups is 1. The monoisotopic (exact) mass is 577 g/mol. The molecule has 1 amide bonds. The topological polar surface area (TPSA) is 104 Å². The number of likely N-dealkylation sites (N-methyl/N-ethyl adjacent to an activating group) is 1. The van der Waals surface area contributed by atoms with Gasteiger partial charge in [-0.15, -0.1) is 24.0 Å².